The summed E-state index contributed by atoms with van der Waals surface area (Å²) in [7, 11) is 0. The molecule has 2 amide bonds. The lowest BCUT2D eigenvalue weighted by molar-refractivity contribution is -0.129. The Kier molecular flexibility index (Phi) is 5.59. The van der Waals surface area contributed by atoms with Gasteiger partial charge in [0.25, 0.3) is 0 Å². The predicted octanol–water partition coefficient (Wildman–Crippen LogP) is 1.54. The summed E-state index contributed by atoms with van der Waals surface area (Å²) in [6.45, 7) is 0.394. The summed E-state index contributed by atoms with van der Waals surface area (Å²) in [4.78, 5) is 27.2. The normalized spacial score (nSPS) is 10.0. The number of benzene rings is 1. The standard InChI is InChI=1S/C16H16FN3O2/c17-14-4-2-1-3-13(14)11-20-16(22)9-15(21)19-10-12-5-7-18-8-6-12/h1-8H,9-11H2,(H,19,21)(H,20,22). The molecule has 0 saturated carbocycles. The van der Waals surface area contributed by atoms with Crippen LogP contribution in [-0.2, 0) is 22.7 Å². The van der Waals surface area contributed by atoms with Gasteiger partial charge in [0.05, 0.1) is 0 Å². The van der Waals surface area contributed by atoms with Gasteiger partial charge in [0.2, 0.25) is 11.8 Å². The van der Waals surface area contributed by atoms with Crippen LogP contribution in [0.15, 0.2) is 48.8 Å². The van der Waals surface area contributed by atoms with Crippen LogP contribution >= 0.6 is 0 Å². The molecule has 0 bridgehead atoms. The van der Waals surface area contributed by atoms with Gasteiger partial charge in [-0.3, -0.25) is 14.6 Å². The van der Waals surface area contributed by atoms with E-state index in [1.165, 1.54) is 6.07 Å². The molecule has 6 heteroatoms. The smallest absolute Gasteiger partial charge is 0.229 e. The summed E-state index contributed by atoms with van der Waals surface area (Å²) >= 11 is 0. The number of carbonyl (C=O) groups excluding carboxylic acids is 2. The topological polar surface area (TPSA) is 71.1 Å². The summed E-state index contributed by atoms with van der Waals surface area (Å²) in [5, 5.41) is 5.16. The summed E-state index contributed by atoms with van der Waals surface area (Å²) in [5.41, 5.74) is 1.28. The molecule has 22 heavy (non-hydrogen) atoms. The predicted molar refractivity (Wildman–Crippen MR) is 78.9 cm³/mol. The monoisotopic (exact) mass is 301 g/mol. The molecule has 2 aromatic rings. The largest absolute Gasteiger partial charge is 0.352 e. The number of nitrogens with one attached hydrogen (secondary N) is 2. The maximum Gasteiger partial charge on any atom is 0.229 e. The molecule has 0 aliphatic carbocycles. The first-order valence-corrected chi connectivity index (χ1v) is 6.81. The van der Waals surface area contributed by atoms with Crippen molar-refractivity contribution in [2.45, 2.75) is 19.5 Å². The van der Waals surface area contributed by atoms with Gasteiger partial charge < -0.3 is 10.6 Å². The third-order valence-electron chi connectivity index (χ3n) is 2.99. The molecule has 0 fully saturated rings. The van der Waals surface area contributed by atoms with E-state index < -0.39 is 5.91 Å². The zero-order valence-electron chi connectivity index (χ0n) is 11.9. The lowest BCUT2D eigenvalue weighted by atomic mass is 10.2. The van der Waals surface area contributed by atoms with Gasteiger partial charge in [-0.1, -0.05) is 18.2 Å². The fourth-order valence-corrected chi connectivity index (χ4v) is 1.81. The highest BCUT2D eigenvalue weighted by Crippen LogP contribution is 2.05. The minimum atomic E-state index is -0.449. The number of rotatable bonds is 6. The third-order valence-corrected chi connectivity index (χ3v) is 2.99. The molecule has 1 aromatic carbocycles. The van der Waals surface area contributed by atoms with Crippen LogP contribution in [0.1, 0.15) is 17.5 Å². The molecular formula is C16H16FN3O2. The zero-order chi connectivity index (χ0) is 15.8. The molecule has 0 radical (unpaired) electrons. The van der Waals surface area contributed by atoms with Crippen LogP contribution < -0.4 is 10.6 Å². The van der Waals surface area contributed by atoms with Crippen molar-refractivity contribution in [3.63, 3.8) is 0 Å². The Morgan fingerprint density at radius 2 is 1.59 bits per heavy atom. The minimum Gasteiger partial charge on any atom is -0.352 e. The fourth-order valence-electron chi connectivity index (χ4n) is 1.81. The van der Waals surface area contributed by atoms with E-state index in [4.69, 9.17) is 0 Å². The molecule has 0 atom stereocenters. The van der Waals surface area contributed by atoms with Gasteiger partial charge in [0.1, 0.15) is 12.2 Å². The first-order chi connectivity index (χ1) is 10.6. The molecule has 0 saturated heterocycles. The van der Waals surface area contributed by atoms with Gasteiger partial charge in [-0.05, 0) is 23.8 Å². The van der Waals surface area contributed by atoms with E-state index in [9.17, 15) is 14.0 Å². The van der Waals surface area contributed by atoms with Gasteiger partial charge in [-0.2, -0.15) is 0 Å². The lowest BCUT2D eigenvalue weighted by Gasteiger charge is -2.07. The van der Waals surface area contributed by atoms with Gasteiger partial charge >= 0.3 is 0 Å². The van der Waals surface area contributed by atoms with Crippen LogP contribution in [0.3, 0.4) is 0 Å². The van der Waals surface area contributed by atoms with Crippen LogP contribution in [0.4, 0.5) is 4.39 Å². The number of aromatic nitrogens is 1. The molecule has 114 valence electrons. The van der Waals surface area contributed by atoms with Crippen molar-refractivity contribution in [3.05, 3.63) is 65.7 Å². The number of hydrogen-bond acceptors (Lipinski definition) is 3. The Morgan fingerprint density at radius 3 is 2.27 bits per heavy atom. The van der Waals surface area contributed by atoms with E-state index in [1.807, 2.05) is 0 Å². The van der Waals surface area contributed by atoms with Gasteiger partial charge in [-0.25, -0.2) is 4.39 Å². The molecule has 1 aromatic heterocycles. The number of amides is 2. The summed E-state index contributed by atoms with van der Waals surface area (Å²) in [6, 6.07) is 9.72. The molecule has 5 nitrogen and oxygen atoms in total. The van der Waals surface area contributed by atoms with Crippen LogP contribution in [0.2, 0.25) is 0 Å². The summed E-state index contributed by atoms with van der Waals surface area (Å²) < 4.78 is 13.4. The number of pyridine rings is 1. The lowest BCUT2D eigenvalue weighted by Crippen LogP contribution is -2.31. The van der Waals surface area contributed by atoms with E-state index in [0.29, 0.717) is 12.1 Å². The Labute approximate surface area is 127 Å². The Morgan fingerprint density at radius 1 is 0.955 bits per heavy atom. The average molecular weight is 301 g/mol. The van der Waals surface area contributed by atoms with Crippen molar-refractivity contribution >= 4 is 11.8 Å². The van der Waals surface area contributed by atoms with E-state index in [1.54, 1.807) is 42.7 Å². The highest BCUT2D eigenvalue weighted by Gasteiger charge is 2.09. The quantitative estimate of drug-likeness (QED) is 0.795. The van der Waals surface area contributed by atoms with E-state index in [0.717, 1.165) is 5.56 Å². The first kappa shape index (κ1) is 15.6. The maximum atomic E-state index is 13.4. The molecule has 1 heterocycles. The van der Waals surface area contributed by atoms with Crippen LogP contribution in [0, 0.1) is 5.82 Å². The molecule has 0 unspecified atom stereocenters. The van der Waals surface area contributed by atoms with Crippen molar-refractivity contribution < 1.29 is 14.0 Å². The minimum absolute atomic E-state index is 0.0587. The van der Waals surface area contributed by atoms with Crippen LogP contribution in [0.5, 0.6) is 0 Å². The summed E-state index contributed by atoms with van der Waals surface area (Å²) in [5.74, 6) is -1.22. The van der Waals surface area contributed by atoms with Crippen molar-refractivity contribution in [2.75, 3.05) is 0 Å². The average Bonchev–Trinajstić information content (AvgIpc) is 2.53. The highest BCUT2D eigenvalue weighted by atomic mass is 19.1. The maximum absolute atomic E-state index is 13.4. The van der Waals surface area contributed by atoms with E-state index in [-0.39, 0.29) is 24.7 Å². The summed E-state index contributed by atoms with van der Waals surface area (Å²) in [6.07, 6.45) is 2.96. The second-order valence-corrected chi connectivity index (χ2v) is 4.68. The van der Waals surface area contributed by atoms with Crippen LogP contribution in [-0.4, -0.2) is 16.8 Å². The molecule has 0 spiro atoms. The van der Waals surface area contributed by atoms with E-state index >= 15 is 0 Å². The van der Waals surface area contributed by atoms with Gasteiger partial charge in [0, 0.05) is 31.0 Å². The fraction of sp³-hybridized carbons (Fsp3) is 0.188. The van der Waals surface area contributed by atoms with Crippen molar-refractivity contribution in [1.82, 2.24) is 15.6 Å². The highest BCUT2D eigenvalue weighted by molar-refractivity contribution is 5.96. The molecule has 2 N–H and O–H groups in total. The number of halogens is 1. The van der Waals surface area contributed by atoms with Crippen molar-refractivity contribution in [1.29, 1.82) is 0 Å². The van der Waals surface area contributed by atoms with E-state index in [2.05, 4.69) is 15.6 Å². The second kappa shape index (κ2) is 7.87. The number of carbonyl (C=O) groups is 2. The second-order valence-electron chi connectivity index (χ2n) is 4.68. The zero-order valence-corrected chi connectivity index (χ0v) is 11.9. The Bertz CT molecular complexity index is 647. The first-order valence-electron chi connectivity index (χ1n) is 6.81. The Hall–Kier alpha value is -2.76. The van der Waals surface area contributed by atoms with Crippen LogP contribution in [0.25, 0.3) is 0 Å². The van der Waals surface area contributed by atoms with Crippen molar-refractivity contribution in [3.8, 4) is 0 Å². The molecule has 0 aliphatic heterocycles. The number of nitrogens with zero attached hydrogens (tertiary/aromatic N) is 1. The third kappa shape index (κ3) is 4.97. The SMILES string of the molecule is O=C(CC(=O)NCc1ccccc1F)NCc1ccncc1. The molecule has 0 aliphatic rings. The van der Waals surface area contributed by atoms with Gasteiger partial charge in [0.15, 0.2) is 0 Å². The Balaban J connectivity index is 1.72. The van der Waals surface area contributed by atoms with Gasteiger partial charge in [-0.15, -0.1) is 0 Å². The van der Waals surface area contributed by atoms with Crippen molar-refractivity contribution in [2.24, 2.45) is 0 Å². The number of hydrogen-bond donors (Lipinski definition) is 2. The molecular weight excluding hydrogens is 285 g/mol. The molecule has 2 rings (SSSR count).